The first-order valence-electron chi connectivity index (χ1n) is 5.42. The molecule has 0 aromatic carbocycles. The maximum absolute atomic E-state index is 10.5. The van der Waals surface area contributed by atoms with Crippen molar-refractivity contribution in [3.63, 3.8) is 0 Å². The first-order chi connectivity index (χ1) is 7.44. The normalized spacial score (nSPS) is 33.2. The summed E-state index contributed by atoms with van der Waals surface area (Å²) in [6.07, 6.45) is 4.99. The van der Waals surface area contributed by atoms with Crippen molar-refractivity contribution in [1.29, 1.82) is 5.41 Å². The molecule has 2 aliphatic carbocycles. The second-order valence-corrected chi connectivity index (χ2v) is 7.88. The molecule has 0 aliphatic heterocycles. The zero-order chi connectivity index (χ0) is 11.8. The molecule has 3 unspecified atom stereocenters. The summed E-state index contributed by atoms with van der Waals surface area (Å²) < 4.78 is 29.6. The fraction of sp³-hybridized carbons (Fsp3) is 0.889. The van der Waals surface area contributed by atoms with Crippen LogP contribution in [-0.2, 0) is 9.15 Å². The second kappa shape index (κ2) is 4.64. The van der Waals surface area contributed by atoms with Crippen LogP contribution in [0.2, 0.25) is 0 Å². The average Bonchev–Trinajstić information content (AvgIpc) is 2.72. The highest BCUT2D eigenvalue weighted by molar-refractivity contribution is 8.76. The first-order valence-corrected chi connectivity index (χ1v) is 8.19. The van der Waals surface area contributed by atoms with Gasteiger partial charge in [-0.25, -0.2) is 0 Å². The van der Waals surface area contributed by atoms with E-state index in [0.717, 1.165) is 12.3 Å². The van der Waals surface area contributed by atoms with Crippen molar-refractivity contribution in [3.05, 3.63) is 0 Å². The van der Waals surface area contributed by atoms with Crippen LogP contribution in [0, 0.1) is 17.2 Å². The van der Waals surface area contributed by atoms with Gasteiger partial charge in [0.25, 0.3) is 0 Å². The Morgan fingerprint density at radius 1 is 1.44 bits per heavy atom. The number of hydrogen-bond donors (Lipinski definition) is 3. The van der Waals surface area contributed by atoms with Crippen LogP contribution in [0.15, 0.2) is 0 Å². The lowest BCUT2D eigenvalue weighted by molar-refractivity contribution is 0.365. The quantitative estimate of drug-likeness (QED) is 0.308. The van der Waals surface area contributed by atoms with E-state index in [1.54, 1.807) is 0 Å². The molecule has 92 valence electrons. The van der Waals surface area contributed by atoms with E-state index in [9.17, 15) is 8.42 Å². The Morgan fingerprint density at radius 3 is 2.69 bits per heavy atom. The van der Waals surface area contributed by atoms with Gasteiger partial charge in [0.1, 0.15) is 0 Å². The van der Waals surface area contributed by atoms with E-state index < -0.39 is 9.15 Å². The number of rotatable bonds is 4. The summed E-state index contributed by atoms with van der Waals surface area (Å²) in [6.45, 7) is 0.234. The lowest BCUT2D eigenvalue weighted by Gasteiger charge is -2.22. The first kappa shape index (κ1) is 12.3. The standard InChI is InChI=1S/C9H16N2O3S2/c10-9(15-16(12,13)14)5-11-8-4-6-1-2-7(8)3-6/h6-8,10-11H,1-5H2,(H,12,13,14). The molecule has 0 saturated heterocycles. The van der Waals surface area contributed by atoms with E-state index >= 15 is 0 Å². The molecule has 0 aromatic heterocycles. The molecule has 0 spiro atoms. The molecule has 2 aliphatic rings. The number of nitrogens with one attached hydrogen (secondary N) is 2. The lowest BCUT2D eigenvalue weighted by Crippen LogP contribution is -2.36. The zero-order valence-corrected chi connectivity index (χ0v) is 10.5. The van der Waals surface area contributed by atoms with Crippen LogP contribution < -0.4 is 5.32 Å². The largest absolute Gasteiger partial charge is 0.325 e. The molecule has 2 fully saturated rings. The predicted molar refractivity (Wildman–Crippen MR) is 64.1 cm³/mol. The summed E-state index contributed by atoms with van der Waals surface area (Å²) in [7, 11) is -3.92. The molecular formula is C9H16N2O3S2. The summed E-state index contributed by atoms with van der Waals surface area (Å²) in [6, 6.07) is 0.432. The van der Waals surface area contributed by atoms with Crippen molar-refractivity contribution < 1.29 is 13.0 Å². The van der Waals surface area contributed by atoms with Crippen molar-refractivity contribution in [2.75, 3.05) is 6.54 Å². The highest BCUT2D eigenvalue weighted by Crippen LogP contribution is 2.44. The summed E-state index contributed by atoms with van der Waals surface area (Å²) in [5.41, 5.74) is 0. The van der Waals surface area contributed by atoms with E-state index in [0.29, 0.717) is 12.0 Å². The SMILES string of the molecule is N=C(CNC1CC2CCC1C2)SS(=O)(=O)O. The van der Waals surface area contributed by atoms with E-state index in [-0.39, 0.29) is 22.4 Å². The van der Waals surface area contributed by atoms with Crippen LogP contribution in [0.5, 0.6) is 0 Å². The van der Waals surface area contributed by atoms with Crippen molar-refractivity contribution in [2.45, 2.75) is 31.7 Å². The third-order valence-corrected chi connectivity index (χ3v) is 5.26. The maximum Gasteiger partial charge on any atom is 0.325 e. The number of fused-ring (bicyclic) bond motifs is 2. The Labute approximate surface area is 99.0 Å². The molecule has 2 bridgehead atoms. The van der Waals surface area contributed by atoms with Gasteiger partial charge in [-0.1, -0.05) is 6.42 Å². The monoisotopic (exact) mass is 264 g/mol. The summed E-state index contributed by atoms with van der Waals surface area (Å²) >= 11 is 0. The van der Waals surface area contributed by atoms with Gasteiger partial charge in [0, 0.05) is 23.4 Å². The van der Waals surface area contributed by atoms with Gasteiger partial charge in [0.15, 0.2) is 0 Å². The van der Waals surface area contributed by atoms with Crippen molar-refractivity contribution >= 4 is 25.0 Å². The Kier molecular flexibility index (Phi) is 3.58. The lowest BCUT2D eigenvalue weighted by atomic mass is 9.95. The number of hydrogen-bond acceptors (Lipinski definition) is 5. The molecule has 16 heavy (non-hydrogen) atoms. The zero-order valence-electron chi connectivity index (χ0n) is 8.85. The van der Waals surface area contributed by atoms with Crippen molar-refractivity contribution in [3.8, 4) is 0 Å². The summed E-state index contributed by atoms with van der Waals surface area (Å²) in [5.74, 6) is 1.53. The molecule has 3 N–H and O–H groups in total. The van der Waals surface area contributed by atoms with Gasteiger partial charge in [-0.05, 0) is 31.1 Å². The maximum atomic E-state index is 10.5. The van der Waals surface area contributed by atoms with Gasteiger partial charge in [-0.2, -0.15) is 8.42 Å². The van der Waals surface area contributed by atoms with Gasteiger partial charge in [-0.3, -0.25) is 9.96 Å². The molecule has 2 rings (SSSR count). The predicted octanol–water partition coefficient (Wildman–Crippen LogP) is 1.28. The van der Waals surface area contributed by atoms with Crippen LogP contribution in [0.4, 0.5) is 0 Å². The molecule has 3 atom stereocenters. The highest BCUT2D eigenvalue weighted by Gasteiger charge is 2.39. The van der Waals surface area contributed by atoms with Crippen LogP contribution in [0.3, 0.4) is 0 Å². The Bertz CT molecular complexity index is 382. The fourth-order valence-corrected chi connectivity index (χ4v) is 4.21. The van der Waals surface area contributed by atoms with Crippen LogP contribution in [0.1, 0.15) is 25.7 Å². The van der Waals surface area contributed by atoms with Gasteiger partial charge >= 0.3 is 9.15 Å². The molecule has 7 heteroatoms. The van der Waals surface area contributed by atoms with Crippen LogP contribution in [-0.4, -0.2) is 30.6 Å². The minimum absolute atomic E-state index is 0.0507. The molecule has 0 heterocycles. The van der Waals surface area contributed by atoms with Crippen LogP contribution in [0.25, 0.3) is 0 Å². The summed E-state index contributed by atoms with van der Waals surface area (Å²) in [5, 5.41) is 10.6. The molecular weight excluding hydrogens is 248 g/mol. The van der Waals surface area contributed by atoms with Gasteiger partial charge in [0.05, 0.1) is 5.04 Å². The topological polar surface area (TPSA) is 90.3 Å². The second-order valence-electron chi connectivity index (χ2n) is 4.60. The average molecular weight is 264 g/mol. The molecule has 2 saturated carbocycles. The third kappa shape index (κ3) is 3.19. The fourth-order valence-electron chi connectivity index (χ4n) is 2.88. The molecule has 5 nitrogen and oxygen atoms in total. The van der Waals surface area contributed by atoms with Crippen LogP contribution >= 0.6 is 10.8 Å². The smallest absolute Gasteiger partial charge is 0.308 e. The van der Waals surface area contributed by atoms with Crippen molar-refractivity contribution in [1.82, 2.24) is 5.32 Å². The Morgan fingerprint density at radius 2 is 2.19 bits per heavy atom. The minimum Gasteiger partial charge on any atom is -0.308 e. The highest BCUT2D eigenvalue weighted by atomic mass is 33.1. The molecule has 0 aromatic rings. The minimum atomic E-state index is -4.13. The van der Waals surface area contributed by atoms with E-state index in [4.69, 9.17) is 9.96 Å². The Hall–Kier alpha value is -0.110. The van der Waals surface area contributed by atoms with Gasteiger partial charge < -0.3 is 5.32 Å². The Balaban J connectivity index is 1.74. The molecule has 0 amide bonds. The van der Waals surface area contributed by atoms with E-state index in [1.807, 2.05) is 0 Å². The van der Waals surface area contributed by atoms with Gasteiger partial charge in [-0.15, -0.1) is 0 Å². The van der Waals surface area contributed by atoms with Crippen molar-refractivity contribution in [2.24, 2.45) is 11.8 Å². The molecule has 0 radical (unpaired) electrons. The van der Waals surface area contributed by atoms with E-state index in [1.165, 1.54) is 19.3 Å². The third-order valence-electron chi connectivity index (χ3n) is 3.47. The van der Waals surface area contributed by atoms with Gasteiger partial charge in [0.2, 0.25) is 0 Å². The summed E-state index contributed by atoms with van der Waals surface area (Å²) in [4.78, 5) is 0. The van der Waals surface area contributed by atoms with E-state index in [2.05, 4.69) is 5.32 Å².